The molecule has 3 aliphatic rings. The van der Waals surface area contributed by atoms with Crippen LogP contribution in [-0.4, -0.2) is 39.0 Å². The van der Waals surface area contributed by atoms with E-state index in [1.165, 1.54) is 12.8 Å². The molecule has 3 fully saturated rings. The van der Waals surface area contributed by atoms with E-state index in [4.69, 9.17) is 4.74 Å². The van der Waals surface area contributed by atoms with Gasteiger partial charge in [0.15, 0.2) is 0 Å². The maximum absolute atomic E-state index is 5.95. The summed E-state index contributed by atoms with van der Waals surface area (Å²) >= 11 is 0. The summed E-state index contributed by atoms with van der Waals surface area (Å²) in [7, 11) is 1.84. The van der Waals surface area contributed by atoms with Crippen molar-refractivity contribution in [2.75, 3.05) is 11.9 Å². The predicted molar refractivity (Wildman–Crippen MR) is 55.7 cm³/mol. The second kappa shape index (κ2) is 2.94. The average molecular weight is 221 g/mol. The third-order valence-corrected chi connectivity index (χ3v) is 4.26. The summed E-state index contributed by atoms with van der Waals surface area (Å²) in [4.78, 5) is 0. The smallest absolute Gasteiger partial charge is 0.242 e. The van der Waals surface area contributed by atoms with Gasteiger partial charge in [0.25, 0.3) is 0 Å². The lowest BCUT2D eigenvalue weighted by Crippen LogP contribution is -2.27. The minimum atomic E-state index is 0.503. The van der Waals surface area contributed by atoms with Gasteiger partial charge in [0, 0.05) is 19.5 Å². The summed E-state index contributed by atoms with van der Waals surface area (Å²) in [5.74, 6) is 3.15. The highest BCUT2D eigenvalue weighted by atomic mass is 16.5. The molecule has 1 N–H and O–H groups in total. The van der Waals surface area contributed by atoms with E-state index in [1.54, 1.807) is 4.68 Å². The summed E-state index contributed by atoms with van der Waals surface area (Å²) in [5.41, 5.74) is 0. The van der Waals surface area contributed by atoms with Crippen molar-refractivity contribution in [1.29, 1.82) is 0 Å². The zero-order valence-corrected chi connectivity index (χ0v) is 9.21. The molecule has 2 bridgehead atoms. The molecule has 2 aliphatic heterocycles. The number of ether oxygens (including phenoxy) is 1. The molecule has 6 nitrogen and oxygen atoms in total. The fraction of sp³-hybridized carbons (Fsp3) is 0.900. The van der Waals surface area contributed by atoms with Gasteiger partial charge in [0.2, 0.25) is 5.95 Å². The van der Waals surface area contributed by atoms with Gasteiger partial charge >= 0.3 is 0 Å². The van der Waals surface area contributed by atoms with Crippen LogP contribution in [0.3, 0.4) is 0 Å². The van der Waals surface area contributed by atoms with Crippen LogP contribution in [-0.2, 0) is 11.8 Å². The molecular weight excluding hydrogens is 206 g/mol. The van der Waals surface area contributed by atoms with Gasteiger partial charge in [0.05, 0.1) is 12.2 Å². The molecule has 4 rings (SSSR count). The Morgan fingerprint density at radius 3 is 3.06 bits per heavy atom. The molecule has 3 heterocycles. The quantitative estimate of drug-likeness (QED) is 0.781. The van der Waals surface area contributed by atoms with Crippen LogP contribution < -0.4 is 5.32 Å². The van der Waals surface area contributed by atoms with E-state index in [0.29, 0.717) is 18.1 Å². The summed E-state index contributed by atoms with van der Waals surface area (Å²) in [6.07, 6.45) is 3.67. The molecule has 16 heavy (non-hydrogen) atoms. The molecule has 1 aromatic rings. The molecule has 1 saturated carbocycles. The Morgan fingerprint density at radius 2 is 2.38 bits per heavy atom. The molecule has 5 atom stereocenters. The molecule has 0 unspecified atom stereocenters. The molecule has 1 aromatic heterocycles. The lowest BCUT2D eigenvalue weighted by atomic mass is 9.89. The Morgan fingerprint density at radius 1 is 1.44 bits per heavy atom. The van der Waals surface area contributed by atoms with Crippen molar-refractivity contribution in [2.24, 2.45) is 24.8 Å². The third kappa shape index (κ3) is 1.13. The number of fused-ring (bicyclic) bond motifs is 5. The Kier molecular flexibility index (Phi) is 1.64. The van der Waals surface area contributed by atoms with Crippen molar-refractivity contribution >= 4 is 5.95 Å². The molecule has 0 amide bonds. The minimum absolute atomic E-state index is 0.503. The van der Waals surface area contributed by atoms with E-state index in [9.17, 15) is 0 Å². The van der Waals surface area contributed by atoms with Gasteiger partial charge in [-0.2, -0.15) is 0 Å². The van der Waals surface area contributed by atoms with Crippen LogP contribution in [0.5, 0.6) is 0 Å². The lowest BCUT2D eigenvalue weighted by Gasteiger charge is -2.18. The summed E-state index contributed by atoms with van der Waals surface area (Å²) < 4.78 is 7.61. The number of aromatic nitrogens is 4. The van der Waals surface area contributed by atoms with Crippen LogP contribution >= 0.6 is 0 Å². The van der Waals surface area contributed by atoms with Gasteiger partial charge < -0.3 is 10.1 Å². The van der Waals surface area contributed by atoms with Crippen molar-refractivity contribution in [3.8, 4) is 0 Å². The average Bonchev–Trinajstić information content (AvgIpc) is 2.67. The van der Waals surface area contributed by atoms with E-state index < -0.39 is 0 Å². The predicted octanol–water partition coefficient (Wildman–Crippen LogP) is 0.0454. The van der Waals surface area contributed by atoms with Crippen LogP contribution in [0.4, 0.5) is 5.95 Å². The van der Waals surface area contributed by atoms with Crippen molar-refractivity contribution in [3.05, 3.63) is 0 Å². The van der Waals surface area contributed by atoms with E-state index in [-0.39, 0.29) is 0 Å². The third-order valence-electron chi connectivity index (χ3n) is 4.26. The van der Waals surface area contributed by atoms with Gasteiger partial charge in [-0.25, -0.2) is 4.68 Å². The first-order valence-electron chi connectivity index (χ1n) is 5.94. The Hall–Kier alpha value is -1.17. The van der Waals surface area contributed by atoms with Crippen LogP contribution in [0.25, 0.3) is 0 Å². The maximum atomic E-state index is 5.95. The van der Waals surface area contributed by atoms with Crippen LogP contribution in [0.1, 0.15) is 12.8 Å². The number of aryl methyl sites for hydroxylation is 1. The van der Waals surface area contributed by atoms with E-state index in [1.807, 2.05) is 7.05 Å². The molecule has 6 heteroatoms. The van der Waals surface area contributed by atoms with E-state index >= 15 is 0 Å². The maximum Gasteiger partial charge on any atom is 0.242 e. The zero-order chi connectivity index (χ0) is 10.7. The van der Waals surface area contributed by atoms with Gasteiger partial charge in [-0.15, -0.1) is 0 Å². The second-order valence-electron chi connectivity index (χ2n) is 5.21. The first-order valence-corrected chi connectivity index (χ1v) is 5.94. The van der Waals surface area contributed by atoms with Gasteiger partial charge in [0.1, 0.15) is 0 Å². The number of hydrogen-bond donors (Lipinski definition) is 1. The minimum Gasteiger partial charge on any atom is -0.374 e. The molecule has 2 saturated heterocycles. The molecule has 0 spiro atoms. The molecular formula is C10H15N5O. The lowest BCUT2D eigenvalue weighted by molar-refractivity contribution is 0.0625. The zero-order valence-electron chi connectivity index (χ0n) is 9.21. The largest absolute Gasteiger partial charge is 0.374 e. The van der Waals surface area contributed by atoms with Gasteiger partial charge in [-0.3, -0.25) is 0 Å². The number of nitrogens with zero attached hydrogens (tertiary/aromatic N) is 4. The Balaban J connectivity index is 1.41. The van der Waals surface area contributed by atoms with Crippen molar-refractivity contribution in [2.45, 2.75) is 25.0 Å². The second-order valence-corrected chi connectivity index (χ2v) is 5.21. The standard InChI is InChI=1S/C10H15N5O/c1-15-10(12-13-14-15)11-4-5-2-8-6-3-7(6)9(5)16-8/h5-9H,2-4H2,1H3,(H,11,12,14)/t5-,6+,7-,8-,9+/m0/s1. The Labute approximate surface area is 93.3 Å². The SMILES string of the molecule is Cn1nnnc1NC[C@@H]1C[C@@H]2O[C@H]1[C@H]1C[C@H]12. The highest BCUT2D eigenvalue weighted by Crippen LogP contribution is 2.60. The van der Waals surface area contributed by atoms with Crippen molar-refractivity contribution in [1.82, 2.24) is 20.2 Å². The molecule has 0 radical (unpaired) electrons. The van der Waals surface area contributed by atoms with E-state index in [0.717, 1.165) is 24.3 Å². The van der Waals surface area contributed by atoms with Crippen LogP contribution in [0.2, 0.25) is 0 Å². The first kappa shape index (κ1) is 8.92. The number of tetrazole rings is 1. The number of rotatable bonds is 3. The van der Waals surface area contributed by atoms with Crippen LogP contribution in [0.15, 0.2) is 0 Å². The fourth-order valence-electron chi connectivity index (χ4n) is 3.37. The summed E-state index contributed by atoms with van der Waals surface area (Å²) in [6.45, 7) is 0.929. The van der Waals surface area contributed by atoms with Crippen molar-refractivity contribution in [3.63, 3.8) is 0 Å². The highest BCUT2D eigenvalue weighted by molar-refractivity contribution is 5.22. The summed E-state index contributed by atoms with van der Waals surface area (Å²) in [5, 5.41) is 14.6. The Bertz CT molecular complexity index is 419. The molecule has 1 aliphatic carbocycles. The van der Waals surface area contributed by atoms with Gasteiger partial charge in [-0.05, 0) is 35.1 Å². The monoisotopic (exact) mass is 221 g/mol. The summed E-state index contributed by atoms with van der Waals surface area (Å²) in [6, 6.07) is 0. The fourth-order valence-corrected chi connectivity index (χ4v) is 3.37. The normalized spacial score (nSPS) is 43.4. The van der Waals surface area contributed by atoms with Gasteiger partial charge in [-0.1, -0.05) is 5.10 Å². The van der Waals surface area contributed by atoms with E-state index in [2.05, 4.69) is 20.8 Å². The number of anilines is 1. The number of nitrogens with one attached hydrogen (secondary N) is 1. The highest BCUT2D eigenvalue weighted by Gasteiger charge is 2.62. The first-order chi connectivity index (χ1) is 7.83. The van der Waals surface area contributed by atoms with Crippen molar-refractivity contribution < 1.29 is 4.74 Å². The molecule has 86 valence electrons. The topological polar surface area (TPSA) is 64.9 Å². The van der Waals surface area contributed by atoms with Crippen LogP contribution in [0, 0.1) is 17.8 Å². The number of hydrogen-bond acceptors (Lipinski definition) is 5. The molecule has 0 aromatic carbocycles.